The quantitative estimate of drug-likeness (QED) is 0.219. The highest BCUT2D eigenvalue weighted by molar-refractivity contribution is 5.90. The van der Waals surface area contributed by atoms with Crippen LogP contribution in [0.15, 0.2) is 12.3 Å². The third kappa shape index (κ3) is 6.14. The van der Waals surface area contributed by atoms with Crippen LogP contribution in [0.4, 0.5) is 4.79 Å². The molecule has 0 saturated carbocycles. The molecule has 0 aromatic heterocycles. The minimum absolute atomic E-state index is 0.217. The monoisotopic (exact) mass is 429 g/mol. The van der Waals surface area contributed by atoms with Gasteiger partial charge in [0.15, 0.2) is 6.23 Å². The van der Waals surface area contributed by atoms with Crippen LogP contribution in [0.2, 0.25) is 0 Å². The first-order valence-electron chi connectivity index (χ1n) is 10.7. The second-order valence-electron chi connectivity index (χ2n) is 7.86. The highest BCUT2D eigenvalue weighted by Gasteiger charge is 2.49. The van der Waals surface area contributed by atoms with Gasteiger partial charge in [-0.3, -0.25) is 10.6 Å². The highest BCUT2D eigenvalue weighted by atomic mass is 16.6. The van der Waals surface area contributed by atoms with Crippen molar-refractivity contribution in [3.05, 3.63) is 12.3 Å². The minimum atomic E-state index is -1.83. The highest BCUT2D eigenvalue weighted by Crippen LogP contribution is 2.26. The van der Waals surface area contributed by atoms with Gasteiger partial charge in [0.25, 0.3) is 0 Å². The molecule has 0 bridgehead atoms. The summed E-state index contributed by atoms with van der Waals surface area (Å²) >= 11 is 0. The fraction of sp³-hybridized carbons (Fsp3) is 0.800. The van der Waals surface area contributed by atoms with Gasteiger partial charge < -0.3 is 30.1 Å². The van der Waals surface area contributed by atoms with Crippen LogP contribution in [0.3, 0.4) is 0 Å². The van der Waals surface area contributed by atoms with Crippen molar-refractivity contribution in [2.45, 2.75) is 88.5 Å². The van der Waals surface area contributed by atoms with Gasteiger partial charge in [-0.15, -0.1) is 0 Å². The lowest BCUT2D eigenvalue weighted by Crippen LogP contribution is -2.66. The zero-order chi connectivity index (χ0) is 22.1. The van der Waals surface area contributed by atoms with Crippen LogP contribution in [-0.2, 0) is 14.3 Å². The van der Waals surface area contributed by atoms with Gasteiger partial charge >= 0.3 is 12.0 Å². The van der Waals surface area contributed by atoms with E-state index in [1.807, 2.05) is 0 Å². The molecule has 2 rings (SSSR count). The van der Waals surface area contributed by atoms with Gasteiger partial charge in [-0.1, -0.05) is 51.9 Å². The third-order valence-electron chi connectivity index (χ3n) is 5.41. The van der Waals surface area contributed by atoms with Gasteiger partial charge in [0, 0.05) is 6.20 Å². The van der Waals surface area contributed by atoms with Crippen LogP contribution in [0, 0.1) is 0 Å². The Morgan fingerprint density at radius 1 is 1.20 bits per heavy atom. The molecule has 30 heavy (non-hydrogen) atoms. The number of carbonyl (C=O) groups is 2. The molecule has 0 aromatic rings. The Balaban J connectivity index is 1.77. The smallest absolute Gasteiger partial charge is 0.351 e. The molecular formula is C20H35N3O7. The van der Waals surface area contributed by atoms with Crippen molar-refractivity contribution in [2.24, 2.45) is 5.73 Å². The fourth-order valence-electron chi connectivity index (χ4n) is 3.50. The Hall–Kier alpha value is -1.72. The van der Waals surface area contributed by atoms with Crippen LogP contribution < -0.4 is 11.1 Å². The van der Waals surface area contributed by atoms with Gasteiger partial charge in [0.05, 0.1) is 13.2 Å². The molecule has 2 amide bonds. The molecule has 5 atom stereocenters. The Morgan fingerprint density at radius 2 is 1.83 bits per heavy atom. The second-order valence-corrected chi connectivity index (χ2v) is 7.86. The van der Waals surface area contributed by atoms with Crippen molar-refractivity contribution >= 4 is 12.0 Å². The zero-order valence-electron chi connectivity index (χ0n) is 17.5. The summed E-state index contributed by atoms with van der Waals surface area (Å²) < 4.78 is 10.5. The van der Waals surface area contributed by atoms with Crippen LogP contribution >= 0.6 is 0 Å². The number of nitrogens with one attached hydrogen (secondary N) is 1. The molecule has 10 heteroatoms. The lowest BCUT2D eigenvalue weighted by molar-refractivity contribution is -0.149. The van der Waals surface area contributed by atoms with E-state index in [2.05, 4.69) is 12.2 Å². The summed E-state index contributed by atoms with van der Waals surface area (Å²) in [4.78, 5) is 25.7. The number of esters is 1. The van der Waals surface area contributed by atoms with E-state index < -0.39 is 48.8 Å². The van der Waals surface area contributed by atoms with Crippen molar-refractivity contribution in [1.82, 2.24) is 10.2 Å². The number of aliphatic hydroxyl groups excluding tert-OH is 3. The third-order valence-corrected chi connectivity index (χ3v) is 5.41. The molecule has 2 aliphatic heterocycles. The molecule has 0 aromatic carbocycles. The molecule has 1 fully saturated rings. The Labute approximate surface area is 177 Å². The molecule has 1 saturated heterocycles. The summed E-state index contributed by atoms with van der Waals surface area (Å²) in [6.07, 6.45) is 6.35. The lowest BCUT2D eigenvalue weighted by Gasteiger charge is -2.36. The van der Waals surface area contributed by atoms with Crippen molar-refractivity contribution in [2.75, 3.05) is 13.2 Å². The van der Waals surface area contributed by atoms with Gasteiger partial charge in [-0.25, -0.2) is 9.59 Å². The molecule has 6 N–H and O–H groups in total. The van der Waals surface area contributed by atoms with E-state index in [0.29, 0.717) is 0 Å². The molecule has 10 nitrogen and oxygen atoms in total. The maximum Gasteiger partial charge on any atom is 0.351 e. The SMILES string of the molecule is CCCCCCCCCCOC(=O)C1(N)C=CN([C@@H]2O[C@H](CO)[C@@H](O)[C@H]2O)C(=O)N1. The van der Waals surface area contributed by atoms with E-state index in [-0.39, 0.29) is 6.61 Å². The predicted octanol–water partition coefficient (Wildman–Crippen LogP) is 0.303. The van der Waals surface area contributed by atoms with Crippen molar-refractivity contribution in [3.8, 4) is 0 Å². The minimum Gasteiger partial charge on any atom is -0.463 e. The number of hydrogen-bond donors (Lipinski definition) is 5. The van der Waals surface area contributed by atoms with E-state index in [1.54, 1.807) is 0 Å². The van der Waals surface area contributed by atoms with Gasteiger partial charge in [-0.05, 0) is 12.5 Å². The molecule has 0 aliphatic carbocycles. The largest absolute Gasteiger partial charge is 0.463 e. The first-order valence-corrected chi connectivity index (χ1v) is 10.7. The molecule has 0 radical (unpaired) electrons. The predicted molar refractivity (Wildman–Crippen MR) is 108 cm³/mol. The molecule has 0 spiro atoms. The standard InChI is InChI=1S/C20H35N3O7/c1-2-3-4-5-6-7-8-9-12-29-18(27)20(21)10-11-23(19(28)22-20)17-16(26)15(25)14(13-24)30-17/h10-11,14-17,24-26H,2-9,12-13,21H2,1H3,(H,22,28)/t14-,15-,16-,17-,20?/m1/s1. The van der Waals surface area contributed by atoms with E-state index in [1.165, 1.54) is 44.4 Å². The van der Waals surface area contributed by atoms with Crippen LogP contribution in [0.5, 0.6) is 0 Å². The molecule has 2 aliphatic rings. The Morgan fingerprint density at radius 3 is 2.40 bits per heavy atom. The van der Waals surface area contributed by atoms with Crippen LogP contribution in [0.25, 0.3) is 0 Å². The number of unbranched alkanes of at least 4 members (excludes halogenated alkanes) is 7. The maximum atomic E-state index is 12.4. The molecule has 172 valence electrons. The summed E-state index contributed by atoms with van der Waals surface area (Å²) in [5, 5.41) is 31.4. The Kier molecular flexibility index (Phi) is 9.50. The number of nitrogens with two attached hydrogens (primary N) is 1. The first kappa shape index (κ1) is 24.5. The topological polar surface area (TPSA) is 155 Å². The number of carbonyl (C=O) groups excluding carboxylic acids is 2. The molecule has 1 unspecified atom stereocenters. The summed E-state index contributed by atoms with van der Waals surface area (Å²) in [6, 6.07) is -0.793. The van der Waals surface area contributed by atoms with Crippen LogP contribution in [0.1, 0.15) is 58.3 Å². The van der Waals surface area contributed by atoms with Gasteiger partial charge in [0.1, 0.15) is 18.3 Å². The lowest BCUT2D eigenvalue weighted by atomic mass is 10.1. The van der Waals surface area contributed by atoms with E-state index >= 15 is 0 Å². The number of ether oxygens (including phenoxy) is 2. The van der Waals surface area contributed by atoms with Gasteiger partial charge in [-0.2, -0.15) is 0 Å². The average molecular weight is 430 g/mol. The summed E-state index contributed by atoms with van der Waals surface area (Å²) in [7, 11) is 0. The first-order chi connectivity index (χ1) is 14.3. The molecule has 2 heterocycles. The van der Waals surface area contributed by atoms with Crippen molar-refractivity contribution < 1.29 is 34.4 Å². The number of nitrogens with zero attached hydrogens (tertiary/aromatic N) is 1. The van der Waals surface area contributed by atoms with E-state index in [4.69, 9.17) is 20.3 Å². The summed E-state index contributed by atoms with van der Waals surface area (Å²) in [5.74, 6) is -0.782. The second kappa shape index (κ2) is 11.6. The number of urea groups is 1. The Bertz CT molecular complexity index is 603. The fourth-order valence-corrected chi connectivity index (χ4v) is 3.50. The number of hydrogen-bond acceptors (Lipinski definition) is 8. The zero-order valence-corrected chi connectivity index (χ0v) is 17.5. The summed E-state index contributed by atoms with van der Waals surface area (Å²) in [5.41, 5.74) is 4.14. The average Bonchev–Trinajstić information content (AvgIpc) is 3.00. The van der Waals surface area contributed by atoms with E-state index in [9.17, 15) is 19.8 Å². The number of rotatable bonds is 12. The van der Waals surface area contributed by atoms with Crippen molar-refractivity contribution in [1.29, 1.82) is 0 Å². The maximum absolute atomic E-state index is 12.4. The van der Waals surface area contributed by atoms with Crippen LogP contribution in [-0.4, -0.2) is 75.6 Å². The normalized spacial score (nSPS) is 31.1. The van der Waals surface area contributed by atoms with Crippen molar-refractivity contribution in [3.63, 3.8) is 0 Å². The van der Waals surface area contributed by atoms with E-state index in [0.717, 1.165) is 24.2 Å². The van der Waals surface area contributed by atoms with Gasteiger partial charge in [0.2, 0.25) is 5.66 Å². The number of aliphatic hydroxyl groups is 3. The number of amides is 2. The molecular weight excluding hydrogens is 394 g/mol. The summed E-state index contributed by atoms with van der Waals surface area (Å²) in [6.45, 7) is 1.89.